The van der Waals surface area contributed by atoms with Crippen LogP contribution < -0.4 is 0 Å². The van der Waals surface area contributed by atoms with Crippen LogP contribution in [0.5, 0.6) is 0 Å². The Morgan fingerprint density at radius 1 is 1.18 bits per heavy atom. The first-order valence-corrected chi connectivity index (χ1v) is 10.4. The second-order valence-electron chi connectivity index (χ2n) is 10.2. The number of carbonyl (C=O) groups excluding carboxylic acids is 2. The monoisotopic (exact) mass is 392 g/mol. The van der Waals surface area contributed by atoms with Gasteiger partial charge in [0.2, 0.25) is 0 Å². The van der Waals surface area contributed by atoms with Gasteiger partial charge in [-0.25, -0.2) is 0 Å². The summed E-state index contributed by atoms with van der Waals surface area (Å²) >= 11 is 0. The Kier molecular flexibility index (Phi) is 4.39. The van der Waals surface area contributed by atoms with Gasteiger partial charge in [-0.15, -0.1) is 0 Å². The number of ether oxygens (including phenoxy) is 1. The first-order chi connectivity index (χ1) is 13.0. The minimum Gasteiger partial charge on any atom is -0.461 e. The Bertz CT molecular complexity index is 729. The largest absolute Gasteiger partial charge is 0.461 e. The number of aliphatic hydroxyl groups excluding tert-OH is 3. The van der Waals surface area contributed by atoms with E-state index in [0.717, 1.165) is 6.42 Å². The highest BCUT2D eigenvalue weighted by molar-refractivity contribution is 6.04. The smallest absolute Gasteiger partial charge is 0.302 e. The average Bonchev–Trinajstić information content (AvgIpc) is 2.74. The molecule has 4 aliphatic rings. The fraction of sp³-hybridized carbons (Fsp3) is 0.818. The van der Waals surface area contributed by atoms with Crippen molar-refractivity contribution in [2.45, 2.75) is 71.2 Å². The van der Waals surface area contributed by atoms with Crippen molar-refractivity contribution in [2.75, 3.05) is 6.61 Å². The molecule has 0 amide bonds. The predicted molar refractivity (Wildman–Crippen MR) is 101 cm³/mol. The topological polar surface area (TPSA) is 104 Å². The number of fused-ring (bicyclic) bond motifs is 3. The van der Waals surface area contributed by atoms with Crippen LogP contribution in [0.3, 0.4) is 0 Å². The Balaban J connectivity index is 1.93. The lowest BCUT2D eigenvalue weighted by molar-refractivity contribution is -0.269. The highest BCUT2D eigenvalue weighted by Gasteiger charge is 2.77. The van der Waals surface area contributed by atoms with E-state index in [9.17, 15) is 24.9 Å². The first-order valence-electron chi connectivity index (χ1n) is 10.4. The van der Waals surface area contributed by atoms with Gasteiger partial charge in [0.25, 0.3) is 0 Å². The lowest BCUT2D eigenvalue weighted by Crippen LogP contribution is -2.72. The maximum atomic E-state index is 13.5. The van der Waals surface area contributed by atoms with Crippen LogP contribution in [0, 0.1) is 34.0 Å². The highest BCUT2D eigenvalue weighted by atomic mass is 16.5. The second-order valence-corrected chi connectivity index (χ2v) is 10.2. The molecule has 8 atom stereocenters. The maximum absolute atomic E-state index is 13.5. The van der Waals surface area contributed by atoms with Gasteiger partial charge in [0.05, 0.1) is 18.8 Å². The van der Waals surface area contributed by atoms with Gasteiger partial charge in [-0.1, -0.05) is 20.4 Å². The zero-order chi connectivity index (χ0) is 20.6. The quantitative estimate of drug-likeness (QED) is 0.487. The summed E-state index contributed by atoms with van der Waals surface area (Å²) in [7, 11) is 0. The van der Waals surface area contributed by atoms with E-state index in [1.54, 1.807) is 0 Å². The fourth-order valence-electron chi connectivity index (χ4n) is 7.67. The summed E-state index contributed by atoms with van der Waals surface area (Å²) in [5.74, 6) is -1.63. The molecule has 3 N–H and O–H groups in total. The second kappa shape index (κ2) is 6.13. The van der Waals surface area contributed by atoms with Crippen molar-refractivity contribution in [3.8, 4) is 0 Å². The third-order valence-corrected chi connectivity index (χ3v) is 8.81. The lowest BCUT2D eigenvalue weighted by atomic mass is 9.38. The molecule has 1 spiro atoms. The zero-order valence-electron chi connectivity index (χ0n) is 17.0. The predicted octanol–water partition coefficient (Wildman–Crippen LogP) is 1.61. The Morgan fingerprint density at radius 2 is 1.86 bits per heavy atom. The summed E-state index contributed by atoms with van der Waals surface area (Å²) in [4.78, 5) is 25.4. The molecular formula is C22H32O6. The number of Topliss-reactive ketones (excluding diaryl/α,β-unsaturated/α-hetero) is 1. The number of carbonyl (C=O) groups is 2. The van der Waals surface area contributed by atoms with Gasteiger partial charge in [0, 0.05) is 18.3 Å². The zero-order valence-corrected chi connectivity index (χ0v) is 17.0. The summed E-state index contributed by atoms with van der Waals surface area (Å²) in [5, 5.41) is 33.2. The molecule has 0 aliphatic heterocycles. The van der Waals surface area contributed by atoms with Crippen LogP contribution in [0.4, 0.5) is 0 Å². The van der Waals surface area contributed by atoms with Crippen LogP contribution >= 0.6 is 0 Å². The first kappa shape index (κ1) is 20.0. The molecule has 8 unspecified atom stereocenters. The minimum absolute atomic E-state index is 0.129. The number of aliphatic hydroxyl groups is 3. The molecule has 156 valence electrons. The van der Waals surface area contributed by atoms with Crippen molar-refractivity contribution < 1.29 is 29.6 Å². The van der Waals surface area contributed by atoms with Crippen molar-refractivity contribution in [3.05, 3.63) is 12.2 Å². The Hall–Kier alpha value is -1.24. The number of hydrogen-bond acceptors (Lipinski definition) is 6. The molecule has 0 aromatic rings. The Labute approximate surface area is 166 Å². The van der Waals surface area contributed by atoms with Crippen LogP contribution in [0.1, 0.15) is 52.9 Å². The van der Waals surface area contributed by atoms with E-state index >= 15 is 0 Å². The van der Waals surface area contributed by atoms with Crippen LogP contribution in [-0.2, 0) is 14.3 Å². The molecule has 0 aromatic carbocycles. The number of ketones is 1. The van der Waals surface area contributed by atoms with Gasteiger partial charge in [0.15, 0.2) is 5.78 Å². The third-order valence-electron chi connectivity index (χ3n) is 8.81. The molecular weight excluding hydrogens is 360 g/mol. The number of esters is 1. The van der Waals surface area contributed by atoms with Gasteiger partial charge < -0.3 is 20.1 Å². The van der Waals surface area contributed by atoms with E-state index in [-0.39, 0.29) is 29.6 Å². The van der Waals surface area contributed by atoms with E-state index in [2.05, 4.69) is 20.4 Å². The SMILES string of the molecule is C=C1C(=O)C23C(O)CC4C(C)(C)CCC(O)C4(CO)C2CCC1C3OC(C)=O. The van der Waals surface area contributed by atoms with Crippen LogP contribution in [0.15, 0.2) is 12.2 Å². The van der Waals surface area contributed by atoms with Gasteiger partial charge in [0.1, 0.15) is 11.5 Å². The van der Waals surface area contributed by atoms with Crippen molar-refractivity contribution in [3.63, 3.8) is 0 Å². The van der Waals surface area contributed by atoms with E-state index in [4.69, 9.17) is 4.74 Å². The average molecular weight is 392 g/mol. The molecule has 2 bridgehead atoms. The molecule has 28 heavy (non-hydrogen) atoms. The van der Waals surface area contributed by atoms with Gasteiger partial charge in [-0.2, -0.15) is 0 Å². The van der Waals surface area contributed by atoms with Crippen LogP contribution in [-0.4, -0.2) is 52.0 Å². The molecule has 6 heteroatoms. The Morgan fingerprint density at radius 3 is 2.46 bits per heavy atom. The summed E-state index contributed by atoms with van der Waals surface area (Å²) < 4.78 is 5.66. The standard InChI is InChI=1S/C22H32O6/c1-11-13-5-6-14-21(10-23)15(20(3,4)8-7-16(21)25)9-17(26)22(14,18(11)27)19(13)28-12(2)24/h13-17,19,23,25-26H,1,5-10H2,2-4H3. The summed E-state index contributed by atoms with van der Waals surface area (Å²) in [6, 6.07) is 0. The molecule has 4 aliphatic carbocycles. The molecule has 0 heterocycles. The van der Waals surface area contributed by atoms with Gasteiger partial charge in [-0.05, 0) is 54.9 Å². The van der Waals surface area contributed by atoms with Crippen molar-refractivity contribution in [1.29, 1.82) is 0 Å². The fourth-order valence-corrected chi connectivity index (χ4v) is 7.67. The number of rotatable bonds is 2. The number of hydrogen-bond donors (Lipinski definition) is 3. The lowest BCUT2D eigenvalue weighted by Gasteiger charge is -2.67. The molecule has 0 aromatic heterocycles. The highest BCUT2D eigenvalue weighted by Crippen LogP contribution is 2.71. The maximum Gasteiger partial charge on any atom is 0.302 e. The van der Waals surface area contributed by atoms with E-state index in [1.165, 1.54) is 6.92 Å². The summed E-state index contributed by atoms with van der Waals surface area (Å²) in [6.45, 7) is 9.27. The molecule has 0 radical (unpaired) electrons. The molecule has 4 rings (SSSR count). The molecule has 6 nitrogen and oxygen atoms in total. The van der Waals surface area contributed by atoms with Crippen molar-refractivity contribution in [1.82, 2.24) is 0 Å². The van der Waals surface area contributed by atoms with E-state index in [1.807, 2.05) is 0 Å². The normalized spacial score (nSPS) is 49.4. The van der Waals surface area contributed by atoms with Crippen LogP contribution in [0.2, 0.25) is 0 Å². The van der Waals surface area contributed by atoms with Crippen molar-refractivity contribution in [2.24, 2.45) is 34.0 Å². The molecule has 4 saturated carbocycles. The van der Waals surface area contributed by atoms with Gasteiger partial charge >= 0.3 is 5.97 Å². The van der Waals surface area contributed by atoms with E-state index < -0.39 is 41.0 Å². The summed E-state index contributed by atoms with van der Waals surface area (Å²) in [6.07, 6.45) is 0.294. The minimum atomic E-state index is -1.32. The van der Waals surface area contributed by atoms with E-state index in [0.29, 0.717) is 31.3 Å². The van der Waals surface area contributed by atoms with Crippen LogP contribution in [0.25, 0.3) is 0 Å². The summed E-state index contributed by atoms with van der Waals surface area (Å²) in [5.41, 5.74) is -2.00. The molecule has 0 saturated heterocycles. The van der Waals surface area contributed by atoms with Crippen molar-refractivity contribution >= 4 is 11.8 Å². The third kappa shape index (κ3) is 2.14. The molecule has 4 fully saturated rings. The van der Waals surface area contributed by atoms with Gasteiger partial charge in [-0.3, -0.25) is 9.59 Å².